The first-order valence-electron chi connectivity index (χ1n) is 11.9. The smallest absolute Gasteiger partial charge is 0.264 e. The highest BCUT2D eigenvalue weighted by Crippen LogP contribution is 2.29. The van der Waals surface area contributed by atoms with Gasteiger partial charge in [0.05, 0.1) is 22.3 Å². The third-order valence-electron chi connectivity index (χ3n) is 6.35. The molecule has 3 aromatic rings. The largest absolute Gasteiger partial charge is 0.381 e. The van der Waals surface area contributed by atoms with Gasteiger partial charge in [0, 0.05) is 31.7 Å². The van der Waals surface area contributed by atoms with Crippen LogP contribution in [0.15, 0.2) is 53.6 Å². The van der Waals surface area contributed by atoms with Crippen molar-refractivity contribution in [2.45, 2.75) is 57.9 Å². The summed E-state index contributed by atoms with van der Waals surface area (Å²) in [5, 5.41) is 5.41. The maximum absolute atomic E-state index is 13.7. The van der Waals surface area contributed by atoms with Gasteiger partial charge in [0.15, 0.2) is 0 Å². The van der Waals surface area contributed by atoms with Gasteiger partial charge in [-0.3, -0.25) is 8.99 Å². The van der Waals surface area contributed by atoms with E-state index in [1.807, 2.05) is 48.9 Å². The van der Waals surface area contributed by atoms with E-state index in [2.05, 4.69) is 18.9 Å². The lowest BCUT2D eigenvalue weighted by molar-refractivity contribution is 0.0605. The number of hydrogen-bond donors (Lipinski definition) is 0. The molecule has 0 aliphatic carbocycles. The molecule has 2 aromatic carbocycles. The van der Waals surface area contributed by atoms with Crippen LogP contribution < -0.4 is 4.31 Å². The molecule has 4 rings (SSSR count). The molecule has 1 aliphatic rings. The van der Waals surface area contributed by atoms with Crippen molar-refractivity contribution in [3.05, 3.63) is 54.2 Å². The molecule has 0 bridgehead atoms. The van der Waals surface area contributed by atoms with Crippen molar-refractivity contribution in [2.75, 3.05) is 24.1 Å². The molecule has 1 fully saturated rings. The highest BCUT2D eigenvalue weighted by molar-refractivity contribution is 7.92. The Morgan fingerprint density at radius 2 is 1.76 bits per heavy atom. The predicted molar refractivity (Wildman–Crippen MR) is 133 cm³/mol. The Morgan fingerprint density at radius 3 is 2.39 bits per heavy atom. The van der Waals surface area contributed by atoms with Crippen LogP contribution >= 0.6 is 0 Å². The Labute approximate surface area is 197 Å². The van der Waals surface area contributed by atoms with Crippen molar-refractivity contribution in [3.8, 4) is 0 Å². The first-order valence-corrected chi connectivity index (χ1v) is 13.4. The van der Waals surface area contributed by atoms with Gasteiger partial charge in [0.25, 0.3) is 10.0 Å². The Bertz CT molecular complexity index is 1180. The van der Waals surface area contributed by atoms with Crippen LogP contribution in [-0.4, -0.2) is 38.0 Å². The summed E-state index contributed by atoms with van der Waals surface area (Å²) in [6.07, 6.45) is 3.85. The fraction of sp³-hybridized carbons (Fsp3) is 0.500. The summed E-state index contributed by atoms with van der Waals surface area (Å²) in [6, 6.07) is 13.2. The zero-order valence-corrected chi connectivity index (χ0v) is 20.9. The second-order valence-corrected chi connectivity index (χ2v) is 11.6. The van der Waals surface area contributed by atoms with E-state index in [0.29, 0.717) is 29.0 Å². The number of sulfonamides is 1. The summed E-state index contributed by atoms with van der Waals surface area (Å²) in [5.74, 6) is 1.13. The summed E-state index contributed by atoms with van der Waals surface area (Å²) < 4.78 is 36.5. The fourth-order valence-corrected chi connectivity index (χ4v) is 6.04. The lowest BCUT2D eigenvalue weighted by Crippen LogP contribution is -2.34. The molecule has 6 nitrogen and oxygen atoms in total. The first kappa shape index (κ1) is 23.8. The van der Waals surface area contributed by atoms with Crippen molar-refractivity contribution in [3.63, 3.8) is 0 Å². The van der Waals surface area contributed by atoms with E-state index in [0.717, 1.165) is 43.5 Å². The van der Waals surface area contributed by atoms with E-state index in [1.54, 1.807) is 18.3 Å². The Kier molecular flexibility index (Phi) is 7.10. The van der Waals surface area contributed by atoms with Crippen LogP contribution in [0.3, 0.4) is 0 Å². The average molecular weight is 470 g/mol. The van der Waals surface area contributed by atoms with Crippen LogP contribution in [0, 0.1) is 11.8 Å². The fourth-order valence-electron chi connectivity index (χ4n) is 4.37. The van der Waals surface area contributed by atoms with Crippen molar-refractivity contribution in [2.24, 2.45) is 11.8 Å². The SMILES string of the molecule is CC(C)CN(c1ccc(C(C)C)cc1)S(=O)(=O)c1ccc2c(cnn2CC2CCOCC2)c1. The van der Waals surface area contributed by atoms with Crippen LogP contribution in [0.4, 0.5) is 5.69 Å². The molecular formula is C26H35N3O3S. The number of benzene rings is 2. The summed E-state index contributed by atoms with van der Waals surface area (Å²) >= 11 is 0. The summed E-state index contributed by atoms with van der Waals surface area (Å²) in [4.78, 5) is 0.300. The maximum atomic E-state index is 13.7. The van der Waals surface area contributed by atoms with Crippen LogP contribution in [0.2, 0.25) is 0 Å². The van der Waals surface area contributed by atoms with Crippen LogP contribution in [0.25, 0.3) is 10.9 Å². The quantitative estimate of drug-likeness (QED) is 0.441. The van der Waals surface area contributed by atoms with Gasteiger partial charge in [-0.2, -0.15) is 5.10 Å². The summed E-state index contributed by atoms with van der Waals surface area (Å²) in [6.45, 7) is 11.2. The van der Waals surface area contributed by atoms with Crippen LogP contribution in [0.5, 0.6) is 0 Å². The van der Waals surface area contributed by atoms with Gasteiger partial charge in [0.2, 0.25) is 0 Å². The minimum Gasteiger partial charge on any atom is -0.381 e. The standard InChI is InChI=1S/C26H35N3O3S/c1-19(2)17-29(24-7-5-22(6-8-24)20(3)4)33(30,31)25-9-10-26-23(15-25)16-27-28(26)18-21-11-13-32-14-12-21/h5-10,15-16,19-21H,11-14,17-18H2,1-4H3. The summed E-state index contributed by atoms with van der Waals surface area (Å²) in [7, 11) is -3.71. The van der Waals surface area contributed by atoms with Gasteiger partial charge >= 0.3 is 0 Å². The lowest BCUT2D eigenvalue weighted by atomic mass is 10.0. The molecule has 0 N–H and O–H groups in total. The number of ether oxygens (including phenoxy) is 1. The molecule has 0 spiro atoms. The molecule has 178 valence electrons. The Balaban J connectivity index is 1.64. The zero-order valence-electron chi connectivity index (χ0n) is 20.1. The topological polar surface area (TPSA) is 64.4 Å². The number of rotatable bonds is 8. The molecule has 0 atom stereocenters. The van der Waals surface area contributed by atoms with Gasteiger partial charge in [-0.25, -0.2) is 8.42 Å². The van der Waals surface area contributed by atoms with E-state index in [1.165, 1.54) is 9.87 Å². The van der Waals surface area contributed by atoms with Gasteiger partial charge in [-0.1, -0.05) is 39.8 Å². The second-order valence-electron chi connectivity index (χ2n) is 9.78. The Hall–Kier alpha value is -2.38. The lowest BCUT2D eigenvalue weighted by Gasteiger charge is -2.26. The monoisotopic (exact) mass is 469 g/mol. The van der Waals surface area contributed by atoms with Crippen molar-refractivity contribution >= 4 is 26.6 Å². The molecule has 1 aliphatic heterocycles. The minimum absolute atomic E-state index is 0.190. The molecule has 7 heteroatoms. The molecule has 0 amide bonds. The number of aromatic nitrogens is 2. The second kappa shape index (κ2) is 9.85. The number of anilines is 1. The molecular weight excluding hydrogens is 434 g/mol. The first-order chi connectivity index (χ1) is 15.8. The Morgan fingerprint density at radius 1 is 1.06 bits per heavy atom. The van der Waals surface area contributed by atoms with E-state index >= 15 is 0 Å². The maximum Gasteiger partial charge on any atom is 0.264 e. The van der Waals surface area contributed by atoms with Crippen LogP contribution in [-0.2, 0) is 21.3 Å². The minimum atomic E-state index is -3.71. The molecule has 1 saturated heterocycles. The van der Waals surface area contributed by atoms with Gasteiger partial charge in [-0.15, -0.1) is 0 Å². The van der Waals surface area contributed by atoms with E-state index in [4.69, 9.17) is 4.74 Å². The average Bonchev–Trinajstić information content (AvgIpc) is 3.20. The molecule has 0 saturated carbocycles. The van der Waals surface area contributed by atoms with Gasteiger partial charge in [-0.05, 0) is 66.5 Å². The predicted octanol–water partition coefficient (Wildman–Crippen LogP) is 5.44. The third kappa shape index (κ3) is 5.25. The van der Waals surface area contributed by atoms with Crippen molar-refractivity contribution < 1.29 is 13.2 Å². The van der Waals surface area contributed by atoms with Crippen molar-refractivity contribution in [1.82, 2.24) is 9.78 Å². The molecule has 2 heterocycles. The molecule has 33 heavy (non-hydrogen) atoms. The normalized spacial score (nSPS) is 15.6. The highest BCUT2D eigenvalue weighted by atomic mass is 32.2. The van der Waals surface area contributed by atoms with Crippen molar-refractivity contribution in [1.29, 1.82) is 0 Å². The van der Waals surface area contributed by atoms with Gasteiger partial charge in [0.1, 0.15) is 0 Å². The van der Waals surface area contributed by atoms with E-state index in [-0.39, 0.29) is 5.92 Å². The van der Waals surface area contributed by atoms with Gasteiger partial charge < -0.3 is 4.74 Å². The molecule has 0 unspecified atom stereocenters. The number of nitrogens with zero attached hydrogens (tertiary/aromatic N) is 3. The molecule has 1 aromatic heterocycles. The van der Waals surface area contributed by atoms with Crippen LogP contribution in [0.1, 0.15) is 52.0 Å². The third-order valence-corrected chi connectivity index (χ3v) is 8.14. The highest BCUT2D eigenvalue weighted by Gasteiger charge is 2.26. The summed E-state index contributed by atoms with van der Waals surface area (Å²) in [5.41, 5.74) is 2.86. The zero-order chi connectivity index (χ0) is 23.6. The number of hydrogen-bond acceptors (Lipinski definition) is 4. The molecule has 0 radical (unpaired) electrons. The van der Waals surface area contributed by atoms with E-state index < -0.39 is 10.0 Å². The van der Waals surface area contributed by atoms with E-state index in [9.17, 15) is 8.42 Å². The number of fused-ring (bicyclic) bond motifs is 1.